The molecule has 3 N–H and O–H groups in total. The predicted octanol–water partition coefficient (Wildman–Crippen LogP) is 4.19. The van der Waals surface area contributed by atoms with E-state index in [0.29, 0.717) is 18.7 Å². The van der Waals surface area contributed by atoms with Crippen molar-refractivity contribution in [3.8, 4) is 0 Å². The molecule has 32 heavy (non-hydrogen) atoms. The molecule has 1 aromatic carbocycles. The molecule has 13 heteroatoms. The Bertz CT molecular complexity index is 1100. The van der Waals surface area contributed by atoms with Crippen LogP contribution in [0.1, 0.15) is 5.56 Å². The number of carbonyl (C=O) groups is 1. The zero-order chi connectivity index (χ0) is 23.5. The van der Waals surface area contributed by atoms with E-state index in [1.165, 1.54) is 36.7 Å². The quantitative estimate of drug-likeness (QED) is 0.265. The van der Waals surface area contributed by atoms with Crippen molar-refractivity contribution in [1.29, 1.82) is 0 Å². The molecule has 0 spiro atoms. The lowest BCUT2D eigenvalue weighted by molar-refractivity contribution is -0.385. The van der Waals surface area contributed by atoms with Crippen LogP contribution < -0.4 is 10.6 Å². The van der Waals surface area contributed by atoms with Gasteiger partial charge in [-0.25, -0.2) is 14.8 Å². The Labute approximate surface area is 186 Å². The van der Waals surface area contributed by atoms with Gasteiger partial charge in [-0.1, -0.05) is 23.7 Å². The third-order valence-corrected chi connectivity index (χ3v) is 4.12. The highest BCUT2D eigenvalue weighted by Gasteiger charge is 2.14. The van der Waals surface area contributed by atoms with Gasteiger partial charge in [0, 0.05) is 36.8 Å². The lowest BCUT2D eigenvalue weighted by Crippen LogP contribution is -2.23. The average molecular weight is 461 g/mol. The van der Waals surface area contributed by atoms with Crippen LogP contribution >= 0.6 is 11.6 Å². The molecule has 0 fully saturated rings. The van der Waals surface area contributed by atoms with E-state index >= 15 is 0 Å². The van der Waals surface area contributed by atoms with Gasteiger partial charge >= 0.3 is 17.5 Å². The normalized spacial score (nSPS) is 9.78. The molecule has 0 radical (unpaired) electrons. The smallest absolute Gasteiger partial charge is 0.404 e. The van der Waals surface area contributed by atoms with Crippen LogP contribution in [0.3, 0.4) is 0 Å². The standard InChI is InChI=1S/C14H14N4O4.C5H3ClN2O2/c19-14(20)16-9-7-10-3-5-11(6-4-10)17-13-12(18(21)22)2-1-8-15-13;6-5-4(8(9)10)2-1-3-7-5/h1-6,8,16H,7,9H2,(H,15,17)(H,19,20);1-3H. The van der Waals surface area contributed by atoms with Crippen LogP contribution in [0.4, 0.5) is 27.7 Å². The van der Waals surface area contributed by atoms with Crippen molar-refractivity contribution in [3.63, 3.8) is 0 Å². The van der Waals surface area contributed by atoms with E-state index in [1.807, 2.05) is 12.1 Å². The fraction of sp³-hybridized carbons (Fsp3) is 0.105. The van der Waals surface area contributed by atoms with Gasteiger partial charge < -0.3 is 15.7 Å². The second kappa shape index (κ2) is 11.8. The van der Waals surface area contributed by atoms with E-state index in [4.69, 9.17) is 16.7 Å². The van der Waals surface area contributed by atoms with Crippen LogP contribution in [0.2, 0.25) is 5.15 Å². The zero-order valence-electron chi connectivity index (χ0n) is 16.3. The third kappa shape index (κ3) is 7.50. The van der Waals surface area contributed by atoms with Crippen LogP contribution in [0.25, 0.3) is 0 Å². The fourth-order valence-electron chi connectivity index (χ4n) is 2.36. The molecule has 1 amide bonds. The maximum atomic E-state index is 10.9. The van der Waals surface area contributed by atoms with Gasteiger partial charge in [-0.15, -0.1) is 0 Å². The number of benzene rings is 1. The maximum absolute atomic E-state index is 10.9. The number of aromatic nitrogens is 2. The summed E-state index contributed by atoms with van der Waals surface area (Å²) in [6, 6.07) is 12.8. The molecule has 166 valence electrons. The topological polar surface area (TPSA) is 173 Å². The van der Waals surface area contributed by atoms with Crippen LogP contribution in [0.15, 0.2) is 60.9 Å². The van der Waals surface area contributed by atoms with Gasteiger partial charge in [-0.2, -0.15) is 0 Å². The summed E-state index contributed by atoms with van der Waals surface area (Å²) in [5.41, 5.74) is 1.35. The Hall–Kier alpha value is -4.32. The minimum Gasteiger partial charge on any atom is -0.465 e. The van der Waals surface area contributed by atoms with Gasteiger partial charge in [-0.3, -0.25) is 20.2 Å². The Morgan fingerprint density at radius 1 is 0.969 bits per heavy atom. The number of nitrogens with zero attached hydrogens (tertiary/aromatic N) is 4. The monoisotopic (exact) mass is 460 g/mol. The van der Waals surface area contributed by atoms with E-state index in [1.54, 1.807) is 12.1 Å². The van der Waals surface area contributed by atoms with E-state index in [9.17, 15) is 25.0 Å². The summed E-state index contributed by atoms with van der Waals surface area (Å²) in [4.78, 5) is 37.8. The number of pyridine rings is 2. The molecule has 0 unspecified atom stereocenters. The zero-order valence-corrected chi connectivity index (χ0v) is 17.1. The molecule has 2 aromatic heterocycles. The summed E-state index contributed by atoms with van der Waals surface area (Å²) >= 11 is 5.37. The number of nitro groups is 2. The molecule has 0 aliphatic carbocycles. The Morgan fingerprint density at radius 2 is 1.56 bits per heavy atom. The van der Waals surface area contributed by atoms with Crippen molar-refractivity contribution >= 4 is 40.6 Å². The number of hydrogen-bond donors (Lipinski definition) is 3. The Morgan fingerprint density at radius 3 is 2.09 bits per heavy atom. The Kier molecular flexibility index (Phi) is 8.80. The molecule has 2 heterocycles. The molecular formula is C19H17ClN6O6. The van der Waals surface area contributed by atoms with Crippen LogP contribution in [-0.2, 0) is 6.42 Å². The first-order valence-corrected chi connectivity index (χ1v) is 9.32. The van der Waals surface area contributed by atoms with Gasteiger partial charge in [0.2, 0.25) is 11.0 Å². The number of anilines is 2. The second-order valence-corrected chi connectivity index (χ2v) is 6.36. The van der Waals surface area contributed by atoms with Crippen molar-refractivity contribution in [3.05, 3.63) is 91.9 Å². The largest absolute Gasteiger partial charge is 0.465 e. The highest BCUT2D eigenvalue weighted by Crippen LogP contribution is 2.24. The number of carboxylic acid groups (broad SMARTS) is 1. The minimum atomic E-state index is -1.05. The fourth-order valence-corrected chi connectivity index (χ4v) is 2.55. The lowest BCUT2D eigenvalue weighted by Gasteiger charge is -2.07. The number of amides is 1. The van der Waals surface area contributed by atoms with Gasteiger partial charge in [-0.05, 0) is 36.2 Å². The first kappa shape index (κ1) is 24.0. The minimum absolute atomic E-state index is 0.0764. The SMILES string of the molecule is O=C(O)NCCc1ccc(Nc2ncccc2[N+](=O)[O-])cc1.O=[N+]([O-])c1cccnc1Cl. The number of halogens is 1. The van der Waals surface area contributed by atoms with Crippen molar-refractivity contribution in [2.75, 3.05) is 11.9 Å². The maximum Gasteiger partial charge on any atom is 0.404 e. The van der Waals surface area contributed by atoms with E-state index in [-0.39, 0.29) is 22.3 Å². The van der Waals surface area contributed by atoms with E-state index in [2.05, 4.69) is 20.6 Å². The molecule has 3 aromatic rings. The van der Waals surface area contributed by atoms with Gasteiger partial charge in [0.05, 0.1) is 9.85 Å². The lowest BCUT2D eigenvalue weighted by atomic mass is 10.1. The molecule has 0 aliphatic heterocycles. The summed E-state index contributed by atoms with van der Waals surface area (Å²) in [6.07, 6.45) is 2.38. The van der Waals surface area contributed by atoms with Gasteiger partial charge in [0.15, 0.2) is 0 Å². The van der Waals surface area contributed by atoms with E-state index in [0.717, 1.165) is 5.56 Å². The molecule has 3 rings (SSSR count). The second-order valence-electron chi connectivity index (χ2n) is 6.00. The number of hydrogen-bond acceptors (Lipinski definition) is 8. The molecule has 0 atom stereocenters. The van der Waals surface area contributed by atoms with Gasteiger partial charge in [0.1, 0.15) is 0 Å². The highest BCUT2D eigenvalue weighted by atomic mass is 35.5. The summed E-state index contributed by atoms with van der Waals surface area (Å²) in [5, 5.41) is 34.6. The van der Waals surface area contributed by atoms with Crippen LogP contribution in [0.5, 0.6) is 0 Å². The van der Waals surface area contributed by atoms with Crippen molar-refractivity contribution in [2.24, 2.45) is 0 Å². The molecule has 0 saturated carbocycles. The average Bonchev–Trinajstić information content (AvgIpc) is 2.75. The predicted molar refractivity (Wildman–Crippen MR) is 116 cm³/mol. The summed E-state index contributed by atoms with van der Waals surface area (Å²) in [5.74, 6) is 0.174. The first-order chi connectivity index (χ1) is 15.3. The van der Waals surface area contributed by atoms with Crippen LogP contribution in [0, 0.1) is 20.2 Å². The summed E-state index contributed by atoms with van der Waals surface area (Å²) in [6.45, 7) is 0.327. The highest BCUT2D eigenvalue weighted by molar-refractivity contribution is 6.31. The van der Waals surface area contributed by atoms with Crippen molar-refractivity contribution < 1.29 is 19.7 Å². The third-order valence-electron chi connectivity index (χ3n) is 3.83. The molecule has 0 bridgehead atoms. The molecule has 0 saturated heterocycles. The Balaban J connectivity index is 0.000000303. The van der Waals surface area contributed by atoms with Crippen LogP contribution in [-0.4, -0.2) is 37.6 Å². The first-order valence-electron chi connectivity index (χ1n) is 8.95. The summed E-state index contributed by atoms with van der Waals surface area (Å²) in [7, 11) is 0. The van der Waals surface area contributed by atoms with Crippen molar-refractivity contribution in [1.82, 2.24) is 15.3 Å². The van der Waals surface area contributed by atoms with Crippen molar-refractivity contribution in [2.45, 2.75) is 6.42 Å². The summed E-state index contributed by atoms with van der Waals surface area (Å²) < 4.78 is 0. The molecule has 12 nitrogen and oxygen atoms in total. The molecule has 0 aliphatic rings. The number of rotatable bonds is 7. The number of nitrogens with one attached hydrogen (secondary N) is 2. The van der Waals surface area contributed by atoms with Gasteiger partial charge in [0.25, 0.3) is 0 Å². The van der Waals surface area contributed by atoms with E-state index < -0.39 is 15.9 Å². The molecular weight excluding hydrogens is 444 g/mol.